The van der Waals surface area contributed by atoms with Gasteiger partial charge in [0.05, 0.1) is 41.7 Å². The van der Waals surface area contributed by atoms with E-state index < -0.39 is 5.91 Å². The Hall–Kier alpha value is -4.41. The molecule has 0 saturated heterocycles. The number of anilines is 1. The van der Waals surface area contributed by atoms with Crippen LogP contribution >= 0.6 is 0 Å². The minimum absolute atomic E-state index is 0.169. The Morgan fingerprint density at radius 1 is 0.969 bits per heavy atom. The van der Waals surface area contributed by atoms with Crippen LogP contribution in [0.3, 0.4) is 0 Å². The number of carbonyl (C=O) groups excluding carboxylic acids is 2. The van der Waals surface area contributed by atoms with Gasteiger partial charge in [-0.2, -0.15) is 5.10 Å². The molecule has 0 atom stereocenters. The first-order valence-corrected chi connectivity index (χ1v) is 9.62. The van der Waals surface area contributed by atoms with E-state index in [0.29, 0.717) is 22.6 Å². The third-order valence-electron chi connectivity index (χ3n) is 4.41. The maximum absolute atomic E-state index is 12.8. The summed E-state index contributed by atoms with van der Waals surface area (Å²) in [7, 11) is 3.26. The van der Waals surface area contributed by atoms with Crippen molar-refractivity contribution in [2.75, 3.05) is 19.4 Å². The van der Waals surface area contributed by atoms with Crippen molar-refractivity contribution in [1.29, 1.82) is 0 Å². The van der Waals surface area contributed by atoms with Gasteiger partial charge >= 0.3 is 0 Å². The van der Waals surface area contributed by atoms with Crippen molar-refractivity contribution in [1.82, 2.24) is 34.4 Å². The number of ether oxygens (including phenoxy) is 1. The molecule has 4 heterocycles. The number of aryl methyl sites for hydroxylation is 2. The lowest BCUT2D eigenvalue weighted by molar-refractivity contribution is 0.0821. The minimum Gasteiger partial charge on any atom is -0.435 e. The van der Waals surface area contributed by atoms with Crippen LogP contribution in [0.25, 0.3) is 5.52 Å². The fraction of sp³-hybridized carbons (Fsp3) is 0.190. The lowest BCUT2D eigenvalue weighted by Crippen LogP contribution is -2.22. The van der Waals surface area contributed by atoms with Gasteiger partial charge in [0, 0.05) is 20.3 Å². The maximum Gasteiger partial charge on any atom is 0.273 e. The predicted molar refractivity (Wildman–Crippen MR) is 115 cm³/mol. The molecule has 4 aromatic heterocycles. The maximum atomic E-state index is 12.8. The van der Waals surface area contributed by atoms with E-state index in [1.807, 2.05) is 19.9 Å². The molecule has 0 bridgehead atoms. The molecule has 0 radical (unpaired) electrons. The van der Waals surface area contributed by atoms with Crippen molar-refractivity contribution in [2.45, 2.75) is 13.8 Å². The van der Waals surface area contributed by atoms with Gasteiger partial charge in [-0.25, -0.2) is 19.5 Å². The van der Waals surface area contributed by atoms with E-state index in [0.717, 1.165) is 11.4 Å². The van der Waals surface area contributed by atoms with Crippen LogP contribution in [0, 0.1) is 13.8 Å². The van der Waals surface area contributed by atoms with Crippen LogP contribution in [-0.2, 0) is 0 Å². The highest BCUT2D eigenvalue weighted by atomic mass is 16.5. The molecule has 162 valence electrons. The summed E-state index contributed by atoms with van der Waals surface area (Å²) in [6.07, 6.45) is 7.33. The van der Waals surface area contributed by atoms with Gasteiger partial charge in [0.2, 0.25) is 5.88 Å². The Morgan fingerprint density at radius 2 is 1.78 bits per heavy atom. The summed E-state index contributed by atoms with van der Waals surface area (Å²) in [5, 5.41) is 7.08. The summed E-state index contributed by atoms with van der Waals surface area (Å²) < 4.78 is 7.44. The topological polar surface area (TPSA) is 128 Å². The molecule has 0 aliphatic rings. The van der Waals surface area contributed by atoms with E-state index in [4.69, 9.17) is 4.74 Å². The average molecular weight is 432 g/mol. The van der Waals surface area contributed by atoms with Crippen molar-refractivity contribution in [3.63, 3.8) is 0 Å². The number of pyridine rings is 1. The molecular formula is C21H20N8O3. The molecule has 0 spiro atoms. The zero-order valence-electron chi connectivity index (χ0n) is 17.9. The average Bonchev–Trinajstić information content (AvgIpc) is 3.15. The fourth-order valence-electron chi connectivity index (χ4n) is 2.86. The van der Waals surface area contributed by atoms with Crippen LogP contribution in [0.5, 0.6) is 11.6 Å². The highest BCUT2D eigenvalue weighted by molar-refractivity contribution is 6.04. The number of hydrogen-bond donors (Lipinski definition) is 1. The molecule has 0 fully saturated rings. The zero-order valence-corrected chi connectivity index (χ0v) is 17.9. The summed E-state index contributed by atoms with van der Waals surface area (Å²) in [4.78, 5) is 42.7. The third kappa shape index (κ3) is 4.36. The first kappa shape index (κ1) is 20.8. The van der Waals surface area contributed by atoms with Gasteiger partial charge in [-0.05, 0) is 26.0 Å². The van der Waals surface area contributed by atoms with Crippen LogP contribution in [-0.4, -0.2) is 60.4 Å². The van der Waals surface area contributed by atoms with Crippen LogP contribution in [0.2, 0.25) is 0 Å². The summed E-state index contributed by atoms with van der Waals surface area (Å²) in [6.45, 7) is 3.64. The Morgan fingerprint density at radius 3 is 2.44 bits per heavy atom. The number of hydrogen-bond acceptors (Lipinski definition) is 8. The van der Waals surface area contributed by atoms with Crippen molar-refractivity contribution in [2.24, 2.45) is 0 Å². The molecular weight excluding hydrogens is 412 g/mol. The lowest BCUT2D eigenvalue weighted by Gasteiger charge is -2.11. The second-order valence-electron chi connectivity index (χ2n) is 7.25. The molecule has 0 aliphatic carbocycles. The number of carbonyl (C=O) groups is 2. The molecule has 0 unspecified atom stereocenters. The Labute approximate surface area is 183 Å². The molecule has 0 saturated carbocycles. The fourth-order valence-corrected chi connectivity index (χ4v) is 2.86. The van der Waals surface area contributed by atoms with Gasteiger partial charge in [0.15, 0.2) is 11.6 Å². The number of nitrogens with one attached hydrogen (secondary N) is 1. The van der Waals surface area contributed by atoms with E-state index in [2.05, 4.69) is 30.4 Å². The molecule has 11 nitrogen and oxygen atoms in total. The van der Waals surface area contributed by atoms with Crippen molar-refractivity contribution < 1.29 is 14.3 Å². The SMILES string of the molecule is Cc1cnc(NC(=O)c2cc(Oc3cnc(C(=O)N(C)C)cn3)c3cc(C)nn3c2)cn1. The van der Waals surface area contributed by atoms with E-state index >= 15 is 0 Å². The van der Waals surface area contributed by atoms with Gasteiger partial charge < -0.3 is 15.0 Å². The molecule has 4 rings (SSSR count). The van der Waals surface area contributed by atoms with E-state index in [-0.39, 0.29) is 17.5 Å². The summed E-state index contributed by atoms with van der Waals surface area (Å²) in [6, 6.07) is 3.40. The monoisotopic (exact) mass is 432 g/mol. The van der Waals surface area contributed by atoms with Crippen molar-refractivity contribution in [3.8, 4) is 11.6 Å². The number of aromatic nitrogens is 6. The van der Waals surface area contributed by atoms with Crippen molar-refractivity contribution in [3.05, 3.63) is 65.8 Å². The highest BCUT2D eigenvalue weighted by Crippen LogP contribution is 2.27. The molecule has 11 heteroatoms. The predicted octanol–water partition coefficient (Wildman–Crippen LogP) is 2.28. The number of fused-ring (bicyclic) bond motifs is 1. The Balaban J connectivity index is 1.64. The van der Waals surface area contributed by atoms with E-state index in [9.17, 15) is 9.59 Å². The van der Waals surface area contributed by atoms with E-state index in [1.54, 1.807) is 37.1 Å². The molecule has 32 heavy (non-hydrogen) atoms. The van der Waals surface area contributed by atoms with Gasteiger partial charge in [-0.1, -0.05) is 0 Å². The number of amides is 2. The molecule has 0 aromatic carbocycles. The van der Waals surface area contributed by atoms with Gasteiger partial charge in [-0.3, -0.25) is 14.6 Å². The molecule has 4 aromatic rings. The largest absolute Gasteiger partial charge is 0.435 e. The molecule has 2 amide bonds. The molecule has 0 aliphatic heterocycles. The van der Waals surface area contributed by atoms with Crippen molar-refractivity contribution >= 4 is 23.1 Å². The zero-order chi connectivity index (χ0) is 22.8. The van der Waals surface area contributed by atoms with Crippen LogP contribution in [0.1, 0.15) is 32.2 Å². The lowest BCUT2D eigenvalue weighted by atomic mass is 10.2. The summed E-state index contributed by atoms with van der Waals surface area (Å²) in [5.74, 6) is 0.181. The molecule has 1 N–H and O–H groups in total. The number of rotatable bonds is 5. The first-order valence-electron chi connectivity index (χ1n) is 9.62. The highest BCUT2D eigenvalue weighted by Gasteiger charge is 2.16. The summed E-state index contributed by atoms with van der Waals surface area (Å²) >= 11 is 0. The normalized spacial score (nSPS) is 10.8. The van der Waals surface area contributed by atoms with Gasteiger partial charge in [0.1, 0.15) is 11.2 Å². The standard InChI is InChI=1S/C21H20N8O3/c1-12-5-16-17(32-19-10-23-15(8-25-19)21(31)28(3)4)6-14(11-29(16)27-12)20(30)26-18-9-22-13(2)7-24-18/h5-11H,1-4H3,(H,24,26,30). The quantitative estimate of drug-likeness (QED) is 0.509. The summed E-state index contributed by atoms with van der Waals surface area (Å²) in [5.41, 5.74) is 2.62. The second kappa shape index (κ2) is 8.38. The van der Waals surface area contributed by atoms with Crippen LogP contribution < -0.4 is 10.1 Å². The Bertz CT molecular complexity index is 1300. The third-order valence-corrected chi connectivity index (χ3v) is 4.41. The Kier molecular flexibility index (Phi) is 5.46. The smallest absolute Gasteiger partial charge is 0.273 e. The van der Waals surface area contributed by atoms with Gasteiger partial charge in [-0.15, -0.1) is 0 Å². The number of nitrogens with zero attached hydrogens (tertiary/aromatic N) is 7. The second-order valence-corrected chi connectivity index (χ2v) is 7.25. The minimum atomic E-state index is -0.402. The van der Waals surface area contributed by atoms with Gasteiger partial charge in [0.25, 0.3) is 11.8 Å². The first-order chi connectivity index (χ1) is 15.3. The van der Waals surface area contributed by atoms with Crippen LogP contribution in [0.4, 0.5) is 5.82 Å². The van der Waals surface area contributed by atoms with Crippen LogP contribution in [0.15, 0.2) is 43.1 Å². The van der Waals surface area contributed by atoms with E-state index in [1.165, 1.54) is 23.5 Å².